The number of hydrogen-bond acceptors (Lipinski definition) is 2. The Morgan fingerprint density at radius 3 is 2.46 bits per heavy atom. The lowest BCUT2D eigenvalue weighted by Crippen LogP contribution is -2.33. The van der Waals surface area contributed by atoms with Gasteiger partial charge in [0.15, 0.2) is 0 Å². The number of nitrogens with zero attached hydrogens (tertiary/aromatic N) is 1. The normalized spacial score (nSPS) is 13.3. The molecule has 0 aliphatic heterocycles. The summed E-state index contributed by atoms with van der Waals surface area (Å²) in [6, 6.07) is 0.298. The lowest BCUT2D eigenvalue weighted by molar-refractivity contribution is 0.294. The maximum Gasteiger partial charge on any atom is 0.0598 e. The van der Waals surface area contributed by atoms with Gasteiger partial charge in [-0.25, -0.2) is 0 Å². The molecule has 0 aromatic heterocycles. The first-order valence-electron chi connectivity index (χ1n) is 5.03. The average molecular weight is 182 g/mol. The van der Waals surface area contributed by atoms with Crippen LogP contribution in [0.5, 0.6) is 0 Å². The highest BCUT2D eigenvalue weighted by molar-refractivity contribution is 4.88. The molecule has 0 aliphatic carbocycles. The molecule has 0 radical (unpaired) electrons. The van der Waals surface area contributed by atoms with E-state index >= 15 is 0 Å². The molecule has 1 unspecified atom stereocenters. The quantitative estimate of drug-likeness (QED) is 0.628. The minimum Gasteiger partial charge on any atom is -0.327 e. The number of nitrogens with two attached hydrogens (primary N) is 1. The van der Waals surface area contributed by atoms with E-state index in [1.807, 2.05) is 0 Å². The van der Waals surface area contributed by atoms with Crippen LogP contribution < -0.4 is 5.73 Å². The van der Waals surface area contributed by atoms with Gasteiger partial charge in [0.05, 0.1) is 6.54 Å². The zero-order chi connectivity index (χ0) is 10.3. The third kappa shape index (κ3) is 5.68. The van der Waals surface area contributed by atoms with Crippen LogP contribution >= 0.6 is 0 Å². The second-order valence-corrected chi connectivity index (χ2v) is 3.77. The molecule has 2 N–H and O–H groups in total. The van der Waals surface area contributed by atoms with E-state index < -0.39 is 0 Å². The van der Waals surface area contributed by atoms with Crippen molar-refractivity contribution in [3.05, 3.63) is 0 Å². The van der Waals surface area contributed by atoms with Crippen molar-refractivity contribution in [3.8, 4) is 12.3 Å². The summed E-state index contributed by atoms with van der Waals surface area (Å²) in [5, 5.41) is 0. The Balaban J connectivity index is 3.66. The van der Waals surface area contributed by atoms with Crippen LogP contribution in [0.4, 0.5) is 0 Å². The fourth-order valence-corrected chi connectivity index (χ4v) is 1.14. The number of rotatable bonds is 6. The van der Waals surface area contributed by atoms with Gasteiger partial charge in [-0.2, -0.15) is 0 Å². The molecule has 0 aromatic rings. The van der Waals surface area contributed by atoms with E-state index in [9.17, 15) is 0 Å². The van der Waals surface area contributed by atoms with Crippen molar-refractivity contribution >= 4 is 0 Å². The molecule has 0 heterocycles. The van der Waals surface area contributed by atoms with Gasteiger partial charge in [0, 0.05) is 12.6 Å². The molecule has 0 fully saturated rings. The summed E-state index contributed by atoms with van der Waals surface area (Å²) >= 11 is 0. The average Bonchev–Trinajstić information content (AvgIpc) is 2.11. The largest absolute Gasteiger partial charge is 0.327 e. The van der Waals surface area contributed by atoms with Crippen molar-refractivity contribution in [3.63, 3.8) is 0 Å². The highest BCUT2D eigenvalue weighted by atomic mass is 15.1. The summed E-state index contributed by atoms with van der Waals surface area (Å²) in [4.78, 5) is 2.24. The van der Waals surface area contributed by atoms with E-state index in [0.717, 1.165) is 26.1 Å². The molecule has 2 nitrogen and oxygen atoms in total. The van der Waals surface area contributed by atoms with E-state index in [4.69, 9.17) is 12.2 Å². The topological polar surface area (TPSA) is 29.3 Å². The van der Waals surface area contributed by atoms with Gasteiger partial charge in [-0.05, 0) is 18.9 Å². The molecule has 76 valence electrons. The molecule has 1 atom stereocenters. The van der Waals surface area contributed by atoms with Crippen molar-refractivity contribution in [1.29, 1.82) is 0 Å². The number of terminal acetylenes is 1. The van der Waals surface area contributed by atoms with Gasteiger partial charge in [-0.1, -0.05) is 26.7 Å². The van der Waals surface area contributed by atoms with Crippen LogP contribution in [0.25, 0.3) is 0 Å². The fraction of sp³-hybridized carbons (Fsp3) is 0.818. The maximum atomic E-state index is 5.94. The molecule has 0 rings (SSSR count). The van der Waals surface area contributed by atoms with Crippen LogP contribution in [0.15, 0.2) is 0 Å². The Bertz CT molecular complexity index is 158. The third-order valence-corrected chi connectivity index (χ3v) is 2.40. The molecule has 2 heteroatoms. The fourth-order valence-electron chi connectivity index (χ4n) is 1.14. The molecule has 0 saturated carbocycles. The predicted octanol–water partition coefficient (Wildman–Crippen LogP) is 1.31. The van der Waals surface area contributed by atoms with Gasteiger partial charge < -0.3 is 5.73 Å². The highest BCUT2D eigenvalue weighted by Crippen LogP contribution is 2.03. The second kappa shape index (κ2) is 6.94. The van der Waals surface area contributed by atoms with E-state index in [1.165, 1.54) is 0 Å². The minimum atomic E-state index is 0.298. The molecule has 0 amide bonds. The first-order valence-corrected chi connectivity index (χ1v) is 5.03. The van der Waals surface area contributed by atoms with Crippen molar-refractivity contribution in [2.45, 2.75) is 33.2 Å². The summed E-state index contributed by atoms with van der Waals surface area (Å²) in [5.74, 6) is 3.22. The van der Waals surface area contributed by atoms with Crippen molar-refractivity contribution in [2.24, 2.45) is 11.7 Å². The molecule has 13 heavy (non-hydrogen) atoms. The zero-order valence-electron chi connectivity index (χ0n) is 9.09. The smallest absolute Gasteiger partial charge is 0.0598 e. The third-order valence-electron chi connectivity index (χ3n) is 2.40. The van der Waals surface area contributed by atoms with E-state index in [1.54, 1.807) is 0 Å². The predicted molar refractivity (Wildman–Crippen MR) is 58.4 cm³/mol. The van der Waals surface area contributed by atoms with Crippen molar-refractivity contribution < 1.29 is 0 Å². The first kappa shape index (κ1) is 12.5. The van der Waals surface area contributed by atoms with Crippen LogP contribution in [-0.4, -0.2) is 30.6 Å². The van der Waals surface area contributed by atoms with Crippen molar-refractivity contribution in [1.82, 2.24) is 4.90 Å². The van der Waals surface area contributed by atoms with Crippen molar-refractivity contribution in [2.75, 3.05) is 19.6 Å². The van der Waals surface area contributed by atoms with E-state index in [2.05, 4.69) is 31.6 Å². The maximum absolute atomic E-state index is 5.94. The van der Waals surface area contributed by atoms with E-state index in [0.29, 0.717) is 12.0 Å². The van der Waals surface area contributed by atoms with Crippen LogP contribution in [0.3, 0.4) is 0 Å². The van der Waals surface area contributed by atoms with Gasteiger partial charge >= 0.3 is 0 Å². The Kier molecular flexibility index (Phi) is 6.66. The molecule has 0 aromatic carbocycles. The van der Waals surface area contributed by atoms with Gasteiger partial charge in [-0.15, -0.1) is 6.42 Å². The van der Waals surface area contributed by atoms with Gasteiger partial charge in [0.1, 0.15) is 0 Å². The highest BCUT2D eigenvalue weighted by Gasteiger charge is 2.09. The summed E-state index contributed by atoms with van der Waals surface area (Å²) in [6.45, 7) is 9.19. The van der Waals surface area contributed by atoms with Gasteiger partial charge in [-0.3, -0.25) is 4.90 Å². The molecular formula is C11H22N2. The summed E-state index contributed by atoms with van der Waals surface area (Å²) in [7, 11) is 0. The lowest BCUT2D eigenvalue weighted by atomic mass is 10.0. The Hall–Kier alpha value is -0.520. The van der Waals surface area contributed by atoms with Gasteiger partial charge in [0.25, 0.3) is 0 Å². The van der Waals surface area contributed by atoms with E-state index in [-0.39, 0.29) is 0 Å². The Morgan fingerprint density at radius 1 is 1.46 bits per heavy atom. The monoisotopic (exact) mass is 182 g/mol. The Morgan fingerprint density at radius 2 is 2.08 bits per heavy atom. The van der Waals surface area contributed by atoms with Crippen LogP contribution in [-0.2, 0) is 0 Å². The SMILES string of the molecule is C#CCN(CC)CCC(N)C(C)C. The lowest BCUT2D eigenvalue weighted by Gasteiger charge is -2.21. The summed E-state index contributed by atoms with van der Waals surface area (Å²) in [5.41, 5.74) is 5.94. The molecule has 0 bridgehead atoms. The molecule has 0 aliphatic rings. The van der Waals surface area contributed by atoms with Gasteiger partial charge in [0.2, 0.25) is 0 Å². The van der Waals surface area contributed by atoms with Crippen LogP contribution in [0, 0.1) is 18.3 Å². The van der Waals surface area contributed by atoms with Crippen LogP contribution in [0.2, 0.25) is 0 Å². The molecular weight excluding hydrogens is 160 g/mol. The minimum absolute atomic E-state index is 0.298. The number of hydrogen-bond donors (Lipinski definition) is 1. The summed E-state index contributed by atoms with van der Waals surface area (Å²) in [6.07, 6.45) is 6.28. The molecule has 0 saturated heterocycles. The zero-order valence-corrected chi connectivity index (χ0v) is 9.09. The summed E-state index contributed by atoms with van der Waals surface area (Å²) < 4.78 is 0. The Labute approximate surface area is 82.5 Å². The second-order valence-electron chi connectivity index (χ2n) is 3.77. The molecule has 0 spiro atoms. The standard InChI is InChI=1S/C11H22N2/c1-5-8-13(6-2)9-7-11(12)10(3)4/h1,10-11H,6-9,12H2,2-4H3. The van der Waals surface area contributed by atoms with Crippen LogP contribution in [0.1, 0.15) is 27.2 Å². The first-order chi connectivity index (χ1) is 6.11.